The van der Waals surface area contributed by atoms with E-state index in [4.69, 9.17) is 4.74 Å². The van der Waals surface area contributed by atoms with Gasteiger partial charge in [-0.05, 0) is 18.2 Å². The third-order valence-electron chi connectivity index (χ3n) is 4.72. The zero-order valence-corrected chi connectivity index (χ0v) is 14.6. The molecule has 1 saturated heterocycles. The van der Waals surface area contributed by atoms with Crippen molar-refractivity contribution in [3.8, 4) is 5.75 Å². The van der Waals surface area contributed by atoms with Crippen molar-refractivity contribution in [2.75, 3.05) is 43.1 Å². The molecule has 0 bridgehead atoms. The number of anilines is 2. The van der Waals surface area contributed by atoms with Crippen molar-refractivity contribution in [2.24, 2.45) is 0 Å². The quantitative estimate of drug-likeness (QED) is 0.703. The van der Waals surface area contributed by atoms with E-state index in [2.05, 4.69) is 9.97 Å². The van der Waals surface area contributed by atoms with Gasteiger partial charge in [-0.3, -0.25) is 0 Å². The summed E-state index contributed by atoms with van der Waals surface area (Å²) < 4.78 is 46.5. The molecule has 3 aromatic rings. The van der Waals surface area contributed by atoms with Crippen molar-refractivity contribution in [1.29, 1.82) is 0 Å². The fraction of sp³-hybridized carbons (Fsp3) is 0.263. The lowest BCUT2D eigenvalue weighted by atomic mass is 10.2. The van der Waals surface area contributed by atoms with Gasteiger partial charge in [0.15, 0.2) is 11.6 Å². The zero-order chi connectivity index (χ0) is 19.0. The highest BCUT2D eigenvalue weighted by atomic mass is 19.1. The number of hydrogen-bond acceptors (Lipinski definition) is 5. The summed E-state index contributed by atoms with van der Waals surface area (Å²) in [6.45, 7) is 2.12. The highest BCUT2D eigenvalue weighted by Gasteiger charge is 2.23. The minimum absolute atomic E-state index is 0.124. The van der Waals surface area contributed by atoms with Gasteiger partial charge in [0.05, 0.1) is 18.3 Å². The van der Waals surface area contributed by atoms with Crippen LogP contribution in [0.25, 0.3) is 10.9 Å². The first-order valence-electron chi connectivity index (χ1n) is 8.50. The van der Waals surface area contributed by atoms with Crippen LogP contribution in [0.15, 0.2) is 36.7 Å². The number of halogens is 3. The maximum Gasteiger partial charge on any atom is 0.167 e. The number of fused-ring (bicyclic) bond motifs is 1. The van der Waals surface area contributed by atoms with Crippen molar-refractivity contribution < 1.29 is 17.9 Å². The van der Waals surface area contributed by atoms with Gasteiger partial charge in [-0.15, -0.1) is 0 Å². The summed E-state index contributed by atoms with van der Waals surface area (Å²) in [5.41, 5.74) is 0.739. The first-order chi connectivity index (χ1) is 13.1. The Morgan fingerprint density at radius 3 is 2.37 bits per heavy atom. The summed E-state index contributed by atoms with van der Waals surface area (Å²) in [6, 6.07) is 6.35. The first kappa shape index (κ1) is 17.4. The Morgan fingerprint density at radius 2 is 1.63 bits per heavy atom. The monoisotopic (exact) mass is 374 g/mol. The summed E-state index contributed by atoms with van der Waals surface area (Å²) in [6.07, 6.45) is 1.39. The number of piperazine rings is 1. The summed E-state index contributed by atoms with van der Waals surface area (Å²) in [4.78, 5) is 12.3. The number of methoxy groups -OCH3 is 1. The van der Waals surface area contributed by atoms with Crippen LogP contribution in [0.3, 0.4) is 0 Å². The second-order valence-electron chi connectivity index (χ2n) is 6.27. The van der Waals surface area contributed by atoms with Gasteiger partial charge in [-0.25, -0.2) is 23.1 Å². The van der Waals surface area contributed by atoms with Crippen LogP contribution in [0, 0.1) is 17.5 Å². The lowest BCUT2D eigenvalue weighted by Gasteiger charge is -2.37. The zero-order valence-electron chi connectivity index (χ0n) is 14.6. The molecule has 2 heterocycles. The van der Waals surface area contributed by atoms with Crippen LogP contribution in [0.1, 0.15) is 0 Å². The smallest absolute Gasteiger partial charge is 0.167 e. The third-order valence-corrected chi connectivity index (χ3v) is 4.72. The number of hydrogen-bond donors (Lipinski definition) is 0. The molecule has 0 radical (unpaired) electrons. The van der Waals surface area contributed by atoms with Crippen LogP contribution >= 0.6 is 0 Å². The Balaban J connectivity index is 1.60. The minimum Gasteiger partial charge on any atom is -0.494 e. The predicted octanol–water partition coefficient (Wildman–Crippen LogP) is 3.38. The topological polar surface area (TPSA) is 41.5 Å². The molecule has 4 rings (SSSR count). The van der Waals surface area contributed by atoms with Crippen molar-refractivity contribution >= 4 is 22.4 Å². The summed E-state index contributed by atoms with van der Waals surface area (Å²) >= 11 is 0. The Labute approximate surface area is 154 Å². The van der Waals surface area contributed by atoms with Crippen LogP contribution in [0.5, 0.6) is 5.75 Å². The van der Waals surface area contributed by atoms with Crippen LogP contribution in [0.4, 0.5) is 24.7 Å². The lowest BCUT2D eigenvalue weighted by Crippen LogP contribution is -2.47. The molecule has 0 amide bonds. The first-order valence-corrected chi connectivity index (χ1v) is 8.50. The van der Waals surface area contributed by atoms with Crippen molar-refractivity contribution in [3.63, 3.8) is 0 Å². The van der Waals surface area contributed by atoms with Gasteiger partial charge >= 0.3 is 0 Å². The van der Waals surface area contributed by atoms with Gasteiger partial charge in [-0.2, -0.15) is 0 Å². The molecule has 2 aromatic carbocycles. The van der Waals surface area contributed by atoms with Gasteiger partial charge in [0, 0.05) is 43.7 Å². The Morgan fingerprint density at radius 1 is 0.889 bits per heavy atom. The Hall–Kier alpha value is -3.03. The van der Waals surface area contributed by atoms with E-state index < -0.39 is 17.5 Å². The average Bonchev–Trinajstić information content (AvgIpc) is 2.69. The number of ether oxygens (including phenoxy) is 1. The fourth-order valence-corrected chi connectivity index (χ4v) is 3.34. The molecule has 27 heavy (non-hydrogen) atoms. The molecule has 0 atom stereocenters. The van der Waals surface area contributed by atoms with E-state index in [-0.39, 0.29) is 11.4 Å². The van der Waals surface area contributed by atoms with Crippen LogP contribution in [-0.4, -0.2) is 43.3 Å². The molecule has 0 saturated carbocycles. The van der Waals surface area contributed by atoms with Gasteiger partial charge in [0.2, 0.25) is 0 Å². The molecule has 0 spiro atoms. The summed E-state index contributed by atoms with van der Waals surface area (Å²) in [7, 11) is 1.40. The second kappa shape index (κ2) is 6.94. The second-order valence-corrected chi connectivity index (χ2v) is 6.27. The third kappa shape index (κ3) is 3.22. The number of benzene rings is 2. The van der Waals surface area contributed by atoms with Crippen LogP contribution in [-0.2, 0) is 0 Å². The molecular formula is C19H17F3N4O. The number of nitrogens with zero attached hydrogens (tertiary/aromatic N) is 4. The van der Waals surface area contributed by atoms with Gasteiger partial charge in [0.1, 0.15) is 23.8 Å². The number of rotatable bonds is 3. The van der Waals surface area contributed by atoms with Crippen molar-refractivity contribution in [3.05, 3.63) is 54.1 Å². The lowest BCUT2D eigenvalue weighted by molar-refractivity contribution is 0.387. The highest BCUT2D eigenvalue weighted by molar-refractivity contribution is 5.90. The molecule has 8 heteroatoms. The molecule has 140 valence electrons. The highest BCUT2D eigenvalue weighted by Crippen LogP contribution is 2.30. The largest absolute Gasteiger partial charge is 0.494 e. The Bertz CT molecular complexity index is 990. The van der Waals surface area contributed by atoms with E-state index in [0.29, 0.717) is 42.9 Å². The van der Waals surface area contributed by atoms with Gasteiger partial charge in [-0.1, -0.05) is 0 Å². The summed E-state index contributed by atoms with van der Waals surface area (Å²) in [5, 5.41) is 0.682. The normalized spacial score (nSPS) is 14.7. The SMILES string of the molecule is COc1cc2c(N3CCN(c4cc(F)ccc4F)CC3)ncnc2cc1F. The molecular weight excluding hydrogens is 357 g/mol. The van der Waals surface area contributed by atoms with E-state index in [1.54, 1.807) is 11.0 Å². The van der Waals surface area contributed by atoms with Crippen molar-refractivity contribution in [1.82, 2.24) is 9.97 Å². The van der Waals surface area contributed by atoms with E-state index in [0.717, 1.165) is 12.1 Å². The van der Waals surface area contributed by atoms with E-state index in [1.807, 2.05) is 4.90 Å². The standard InChI is InChI=1S/C19H17F3N4O/c1-27-18-9-13-16(10-15(18)22)23-11-24-19(13)26-6-4-25(5-7-26)17-8-12(20)2-3-14(17)21/h2-3,8-11H,4-7H2,1H3. The van der Waals surface area contributed by atoms with Crippen LogP contribution < -0.4 is 14.5 Å². The average molecular weight is 374 g/mol. The molecule has 0 aliphatic carbocycles. The minimum atomic E-state index is -0.485. The maximum absolute atomic E-state index is 14.0. The molecule has 5 nitrogen and oxygen atoms in total. The maximum atomic E-state index is 14.0. The fourth-order valence-electron chi connectivity index (χ4n) is 3.34. The molecule has 1 fully saturated rings. The van der Waals surface area contributed by atoms with E-state index >= 15 is 0 Å². The van der Waals surface area contributed by atoms with E-state index in [9.17, 15) is 13.2 Å². The van der Waals surface area contributed by atoms with Gasteiger partial charge in [0.25, 0.3) is 0 Å². The number of aromatic nitrogens is 2. The van der Waals surface area contributed by atoms with Gasteiger partial charge < -0.3 is 14.5 Å². The summed E-state index contributed by atoms with van der Waals surface area (Å²) in [5.74, 6) is -0.611. The Kier molecular flexibility index (Phi) is 4.47. The van der Waals surface area contributed by atoms with E-state index in [1.165, 1.54) is 25.6 Å². The molecule has 1 aliphatic heterocycles. The molecule has 1 aromatic heterocycles. The molecule has 1 aliphatic rings. The van der Waals surface area contributed by atoms with Crippen molar-refractivity contribution in [2.45, 2.75) is 0 Å². The molecule has 0 unspecified atom stereocenters. The van der Waals surface area contributed by atoms with Crippen LogP contribution in [0.2, 0.25) is 0 Å². The molecule has 0 N–H and O–H groups in total. The predicted molar refractivity (Wildman–Crippen MR) is 96.8 cm³/mol.